The van der Waals surface area contributed by atoms with Gasteiger partial charge < -0.3 is 14.7 Å². The maximum atomic E-state index is 8.59. The first-order valence-electron chi connectivity index (χ1n) is 6.94. The molecule has 1 N–H and O–H groups in total. The highest BCUT2D eigenvalue weighted by Crippen LogP contribution is 2.14. The summed E-state index contributed by atoms with van der Waals surface area (Å²) in [6.07, 6.45) is 1.62. The van der Waals surface area contributed by atoms with Crippen LogP contribution in [0, 0.1) is 0 Å². The molecule has 0 fully saturated rings. The minimum absolute atomic E-state index is 0.126. The summed E-state index contributed by atoms with van der Waals surface area (Å²) in [5, 5.41) is 11.8. The van der Waals surface area contributed by atoms with Gasteiger partial charge in [0.2, 0.25) is 0 Å². The van der Waals surface area contributed by atoms with Crippen molar-refractivity contribution in [3.8, 4) is 5.75 Å². The molecule has 0 unspecified atom stereocenters. The van der Waals surface area contributed by atoms with Gasteiger partial charge in [0.05, 0.1) is 17.9 Å². The Morgan fingerprint density at radius 2 is 1.80 bits per heavy atom. The van der Waals surface area contributed by atoms with Gasteiger partial charge in [-0.15, -0.1) is 0 Å². The SMILES string of the molecule is C/C(CCc1ccc(OCCOC(C)(C)C)cc1)=N/O. The highest BCUT2D eigenvalue weighted by Gasteiger charge is 2.09. The second-order valence-electron chi connectivity index (χ2n) is 5.79. The summed E-state index contributed by atoms with van der Waals surface area (Å²) in [5.41, 5.74) is 1.82. The molecule has 0 aromatic heterocycles. The third-order valence-electron chi connectivity index (χ3n) is 2.76. The van der Waals surface area contributed by atoms with E-state index in [1.807, 2.05) is 52.0 Å². The summed E-state index contributed by atoms with van der Waals surface area (Å²) in [6, 6.07) is 7.98. The van der Waals surface area contributed by atoms with Crippen molar-refractivity contribution in [3.63, 3.8) is 0 Å². The predicted octanol–water partition coefficient (Wildman–Crippen LogP) is 3.66. The molecule has 0 bridgehead atoms. The van der Waals surface area contributed by atoms with Gasteiger partial charge in [-0.1, -0.05) is 17.3 Å². The maximum Gasteiger partial charge on any atom is 0.119 e. The summed E-state index contributed by atoms with van der Waals surface area (Å²) in [4.78, 5) is 0. The third kappa shape index (κ3) is 7.14. The molecule has 1 rings (SSSR count). The fourth-order valence-electron chi connectivity index (χ4n) is 1.63. The summed E-state index contributed by atoms with van der Waals surface area (Å²) in [5.74, 6) is 0.846. The summed E-state index contributed by atoms with van der Waals surface area (Å²) in [6.45, 7) is 9.02. The van der Waals surface area contributed by atoms with Gasteiger partial charge in [-0.3, -0.25) is 0 Å². The van der Waals surface area contributed by atoms with Crippen molar-refractivity contribution in [1.82, 2.24) is 0 Å². The summed E-state index contributed by atoms with van der Waals surface area (Å²) in [7, 11) is 0. The second kappa shape index (κ2) is 7.90. The lowest BCUT2D eigenvalue weighted by Gasteiger charge is -2.19. The quantitative estimate of drug-likeness (QED) is 0.358. The van der Waals surface area contributed by atoms with Crippen LogP contribution in [-0.2, 0) is 11.2 Å². The molecule has 0 spiro atoms. The molecular formula is C16H25NO3. The van der Waals surface area contributed by atoms with Crippen LogP contribution in [0.3, 0.4) is 0 Å². The average molecular weight is 279 g/mol. The Labute approximate surface area is 121 Å². The highest BCUT2D eigenvalue weighted by atomic mass is 16.5. The van der Waals surface area contributed by atoms with Gasteiger partial charge in [0.15, 0.2) is 0 Å². The Morgan fingerprint density at radius 3 is 2.35 bits per heavy atom. The standard InChI is InChI=1S/C16H25NO3/c1-13(17-18)5-6-14-7-9-15(10-8-14)19-11-12-20-16(2,3)4/h7-10,18H,5-6,11-12H2,1-4H3/b17-13-. The smallest absolute Gasteiger partial charge is 0.119 e. The number of hydrogen-bond donors (Lipinski definition) is 1. The van der Waals surface area contributed by atoms with E-state index in [0.29, 0.717) is 13.2 Å². The molecule has 1 aromatic carbocycles. The number of nitrogens with zero attached hydrogens (tertiary/aromatic N) is 1. The van der Waals surface area contributed by atoms with Gasteiger partial charge in [-0.2, -0.15) is 0 Å². The summed E-state index contributed by atoms with van der Waals surface area (Å²) < 4.78 is 11.2. The van der Waals surface area contributed by atoms with Gasteiger partial charge >= 0.3 is 0 Å². The van der Waals surface area contributed by atoms with Crippen LogP contribution in [0.4, 0.5) is 0 Å². The lowest BCUT2D eigenvalue weighted by Crippen LogP contribution is -2.22. The molecule has 0 aliphatic heterocycles. The maximum absolute atomic E-state index is 8.59. The van der Waals surface area contributed by atoms with E-state index in [1.54, 1.807) is 0 Å². The number of oxime groups is 1. The number of hydrogen-bond acceptors (Lipinski definition) is 4. The van der Waals surface area contributed by atoms with E-state index >= 15 is 0 Å². The van der Waals surface area contributed by atoms with Crippen LogP contribution in [0.1, 0.15) is 39.7 Å². The Morgan fingerprint density at radius 1 is 1.15 bits per heavy atom. The van der Waals surface area contributed by atoms with Crippen LogP contribution in [0.15, 0.2) is 29.4 Å². The molecular weight excluding hydrogens is 254 g/mol. The minimum atomic E-state index is -0.126. The zero-order valence-corrected chi connectivity index (χ0v) is 12.8. The molecule has 0 radical (unpaired) electrons. The van der Waals surface area contributed by atoms with Gasteiger partial charge in [-0.05, 0) is 58.2 Å². The highest BCUT2D eigenvalue weighted by molar-refractivity contribution is 5.81. The number of aryl methyl sites for hydroxylation is 1. The summed E-state index contributed by atoms with van der Waals surface area (Å²) >= 11 is 0. The van der Waals surface area contributed by atoms with Crippen LogP contribution in [0.25, 0.3) is 0 Å². The van der Waals surface area contributed by atoms with Crippen molar-refractivity contribution < 1.29 is 14.7 Å². The van der Waals surface area contributed by atoms with Crippen molar-refractivity contribution in [2.45, 2.75) is 46.1 Å². The van der Waals surface area contributed by atoms with Gasteiger partial charge in [0, 0.05) is 0 Å². The van der Waals surface area contributed by atoms with E-state index < -0.39 is 0 Å². The predicted molar refractivity (Wildman–Crippen MR) is 80.9 cm³/mol. The van der Waals surface area contributed by atoms with E-state index in [1.165, 1.54) is 5.56 Å². The van der Waals surface area contributed by atoms with Gasteiger partial charge in [0.25, 0.3) is 0 Å². The third-order valence-corrected chi connectivity index (χ3v) is 2.76. The Kier molecular flexibility index (Phi) is 6.52. The molecule has 0 aliphatic carbocycles. The molecule has 4 nitrogen and oxygen atoms in total. The minimum Gasteiger partial charge on any atom is -0.491 e. The first-order valence-corrected chi connectivity index (χ1v) is 6.94. The van der Waals surface area contributed by atoms with Gasteiger partial charge in [-0.25, -0.2) is 0 Å². The van der Waals surface area contributed by atoms with Crippen molar-refractivity contribution >= 4 is 5.71 Å². The lowest BCUT2D eigenvalue weighted by molar-refractivity contribution is -0.0163. The van der Waals surface area contributed by atoms with Gasteiger partial charge in [0.1, 0.15) is 12.4 Å². The van der Waals surface area contributed by atoms with E-state index in [0.717, 1.165) is 24.3 Å². The zero-order chi connectivity index (χ0) is 15.0. The Hall–Kier alpha value is -1.55. The number of rotatable bonds is 7. The fourth-order valence-corrected chi connectivity index (χ4v) is 1.63. The largest absolute Gasteiger partial charge is 0.491 e. The molecule has 0 heterocycles. The van der Waals surface area contributed by atoms with Crippen molar-refractivity contribution in [2.24, 2.45) is 5.16 Å². The molecule has 0 saturated heterocycles. The molecule has 112 valence electrons. The second-order valence-corrected chi connectivity index (χ2v) is 5.79. The molecule has 0 saturated carbocycles. The van der Waals surface area contributed by atoms with E-state index in [-0.39, 0.29) is 5.60 Å². The number of benzene rings is 1. The molecule has 1 aromatic rings. The molecule has 0 aliphatic rings. The van der Waals surface area contributed by atoms with E-state index in [2.05, 4.69) is 5.16 Å². The molecule has 20 heavy (non-hydrogen) atoms. The Balaban J connectivity index is 2.32. The first kappa shape index (κ1) is 16.5. The normalized spacial score (nSPS) is 12.5. The van der Waals surface area contributed by atoms with E-state index in [9.17, 15) is 0 Å². The van der Waals surface area contributed by atoms with Crippen molar-refractivity contribution in [2.75, 3.05) is 13.2 Å². The van der Waals surface area contributed by atoms with Crippen LogP contribution in [0.5, 0.6) is 5.75 Å². The first-order chi connectivity index (χ1) is 9.40. The number of ether oxygens (including phenoxy) is 2. The molecule has 0 atom stereocenters. The average Bonchev–Trinajstić information content (AvgIpc) is 2.41. The lowest BCUT2D eigenvalue weighted by atomic mass is 10.1. The fraction of sp³-hybridized carbons (Fsp3) is 0.562. The van der Waals surface area contributed by atoms with Crippen molar-refractivity contribution in [3.05, 3.63) is 29.8 Å². The monoisotopic (exact) mass is 279 g/mol. The van der Waals surface area contributed by atoms with E-state index in [4.69, 9.17) is 14.7 Å². The zero-order valence-electron chi connectivity index (χ0n) is 12.8. The van der Waals surface area contributed by atoms with Crippen LogP contribution in [0.2, 0.25) is 0 Å². The topological polar surface area (TPSA) is 51.0 Å². The molecule has 0 amide bonds. The van der Waals surface area contributed by atoms with Crippen LogP contribution in [-0.4, -0.2) is 29.7 Å². The molecule has 4 heteroatoms. The van der Waals surface area contributed by atoms with Crippen LogP contribution >= 0.6 is 0 Å². The van der Waals surface area contributed by atoms with Crippen LogP contribution < -0.4 is 4.74 Å². The Bertz CT molecular complexity index is 418. The van der Waals surface area contributed by atoms with Crippen molar-refractivity contribution in [1.29, 1.82) is 0 Å².